The number of carbonyl (C=O) groups is 1. The molecule has 0 amide bonds. The van der Waals surface area contributed by atoms with Crippen LogP contribution in [-0.2, 0) is 6.42 Å². The van der Waals surface area contributed by atoms with Crippen molar-refractivity contribution in [2.24, 2.45) is 0 Å². The monoisotopic (exact) mass is 431 g/mol. The molecule has 0 unspecified atom stereocenters. The van der Waals surface area contributed by atoms with Gasteiger partial charge in [-0.1, -0.05) is 19.1 Å². The maximum absolute atomic E-state index is 12.8. The van der Waals surface area contributed by atoms with Crippen molar-refractivity contribution in [2.75, 3.05) is 0 Å². The molecule has 0 saturated carbocycles. The molecule has 0 aliphatic carbocycles. The summed E-state index contributed by atoms with van der Waals surface area (Å²) in [7, 11) is 0. The number of hydrogen-bond acceptors (Lipinski definition) is 7. The highest BCUT2D eigenvalue weighted by Crippen LogP contribution is 2.25. The third kappa shape index (κ3) is 4.34. The molecule has 4 aromatic rings. The Labute approximate surface area is 181 Å². The molecule has 3 aromatic carbocycles. The summed E-state index contributed by atoms with van der Waals surface area (Å²) in [6, 6.07) is 16.8. The fraction of sp³-hybridized carbons (Fsp3) is 0.0833. The van der Waals surface area contributed by atoms with Crippen LogP contribution in [0.15, 0.2) is 82.2 Å². The van der Waals surface area contributed by atoms with Crippen LogP contribution in [0.5, 0.6) is 17.2 Å². The minimum atomic E-state index is -0.697. The number of nitrogens with zero attached hydrogens (tertiary/aromatic N) is 1. The highest BCUT2D eigenvalue weighted by Gasteiger charge is 2.14. The number of rotatable bonds is 6. The van der Waals surface area contributed by atoms with E-state index < -0.39 is 10.9 Å². The second-order valence-corrected chi connectivity index (χ2v) is 6.88. The van der Waals surface area contributed by atoms with Gasteiger partial charge in [-0.05, 0) is 48.4 Å². The molecule has 0 N–H and O–H groups in total. The van der Waals surface area contributed by atoms with E-state index in [2.05, 4.69) is 0 Å². The first-order valence-electron chi connectivity index (χ1n) is 9.73. The van der Waals surface area contributed by atoms with E-state index in [1.54, 1.807) is 12.1 Å². The van der Waals surface area contributed by atoms with E-state index >= 15 is 0 Å². The number of carbonyl (C=O) groups excluding carboxylic acids is 1. The van der Waals surface area contributed by atoms with E-state index in [9.17, 15) is 19.7 Å². The molecule has 0 fully saturated rings. The molecule has 8 nitrogen and oxygen atoms in total. The maximum Gasteiger partial charge on any atom is 0.343 e. The predicted molar refractivity (Wildman–Crippen MR) is 116 cm³/mol. The Hall–Kier alpha value is -4.46. The molecule has 0 radical (unpaired) electrons. The number of fused-ring (bicyclic) bond motifs is 1. The number of benzene rings is 3. The van der Waals surface area contributed by atoms with Gasteiger partial charge in [0.25, 0.3) is 5.69 Å². The first-order valence-corrected chi connectivity index (χ1v) is 9.73. The SMILES string of the molecule is CCc1ccc(Oc2coc3cc(OC(=O)c4ccc([N+](=O)[O-])cc4)ccc3c2=O)cc1. The van der Waals surface area contributed by atoms with Crippen LogP contribution < -0.4 is 14.9 Å². The van der Waals surface area contributed by atoms with Crippen LogP contribution in [-0.4, -0.2) is 10.9 Å². The van der Waals surface area contributed by atoms with Gasteiger partial charge in [0.1, 0.15) is 23.3 Å². The van der Waals surface area contributed by atoms with Crippen LogP contribution >= 0.6 is 0 Å². The van der Waals surface area contributed by atoms with E-state index in [4.69, 9.17) is 13.9 Å². The van der Waals surface area contributed by atoms with Crippen LogP contribution in [0.3, 0.4) is 0 Å². The lowest BCUT2D eigenvalue weighted by Crippen LogP contribution is -2.09. The van der Waals surface area contributed by atoms with Gasteiger partial charge >= 0.3 is 5.97 Å². The van der Waals surface area contributed by atoms with Gasteiger partial charge in [-0.25, -0.2) is 4.79 Å². The van der Waals surface area contributed by atoms with Crippen molar-refractivity contribution in [1.82, 2.24) is 0 Å². The molecule has 0 aliphatic heterocycles. The zero-order chi connectivity index (χ0) is 22.7. The van der Waals surface area contributed by atoms with E-state index in [1.807, 2.05) is 19.1 Å². The topological polar surface area (TPSA) is 109 Å². The van der Waals surface area contributed by atoms with Crippen LogP contribution in [0, 0.1) is 10.1 Å². The molecular weight excluding hydrogens is 414 g/mol. The molecule has 1 aromatic heterocycles. The van der Waals surface area contributed by atoms with E-state index in [1.165, 1.54) is 48.7 Å². The fourth-order valence-electron chi connectivity index (χ4n) is 3.03. The van der Waals surface area contributed by atoms with Crippen LogP contribution in [0.1, 0.15) is 22.8 Å². The Morgan fingerprint density at radius 2 is 1.69 bits per heavy atom. The van der Waals surface area contributed by atoms with Crippen molar-refractivity contribution in [1.29, 1.82) is 0 Å². The summed E-state index contributed by atoms with van der Waals surface area (Å²) in [5, 5.41) is 11.0. The number of ether oxygens (including phenoxy) is 2. The Bertz CT molecular complexity index is 1360. The van der Waals surface area contributed by atoms with Crippen LogP contribution in [0.25, 0.3) is 11.0 Å². The van der Waals surface area contributed by atoms with E-state index in [0.29, 0.717) is 5.75 Å². The first kappa shape index (κ1) is 20.8. The molecule has 0 aliphatic rings. The highest BCUT2D eigenvalue weighted by atomic mass is 16.6. The van der Waals surface area contributed by atoms with Crippen molar-refractivity contribution < 1.29 is 23.6 Å². The number of nitro benzene ring substituents is 1. The minimum absolute atomic E-state index is 0.0392. The maximum atomic E-state index is 12.8. The first-order chi connectivity index (χ1) is 15.4. The fourth-order valence-corrected chi connectivity index (χ4v) is 3.03. The summed E-state index contributed by atoms with van der Waals surface area (Å²) in [6.45, 7) is 2.05. The second-order valence-electron chi connectivity index (χ2n) is 6.88. The molecule has 8 heteroatoms. The second kappa shape index (κ2) is 8.73. The standard InChI is InChI=1S/C24H17NO7/c1-2-15-3-9-18(10-4-15)31-22-14-30-21-13-19(11-12-20(21)23(22)26)32-24(27)16-5-7-17(8-6-16)25(28)29/h3-14H,2H2,1H3. The third-order valence-corrected chi connectivity index (χ3v) is 4.80. The predicted octanol–water partition coefficient (Wildman–Crippen LogP) is 5.28. The lowest BCUT2D eigenvalue weighted by molar-refractivity contribution is -0.384. The van der Waals surface area contributed by atoms with Gasteiger partial charge in [0.15, 0.2) is 0 Å². The number of esters is 1. The van der Waals surface area contributed by atoms with Gasteiger partial charge < -0.3 is 13.9 Å². The zero-order valence-corrected chi connectivity index (χ0v) is 16.9. The molecular formula is C24H17NO7. The highest BCUT2D eigenvalue weighted by molar-refractivity contribution is 5.92. The third-order valence-electron chi connectivity index (χ3n) is 4.80. The van der Waals surface area contributed by atoms with Gasteiger partial charge in [0.05, 0.1) is 15.9 Å². The summed E-state index contributed by atoms with van der Waals surface area (Å²) < 4.78 is 16.5. The van der Waals surface area contributed by atoms with E-state index in [0.717, 1.165) is 12.0 Å². The number of aryl methyl sites for hydroxylation is 1. The molecule has 32 heavy (non-hydrogen) atoms. The van der Waals surface area contributed by atoms with Crippen LogP contribution in [0.4, 0.5) is 5.69 Å². The average molecular weight is 431 g/mol. The van der Waals surface area contributed by atoms with Gasteiger partial charge in [-0.3, -0.25) is 14.9 Å². The lowest BCUT2D eigenvalue weighted by Gasteiger charge is -2.08. The molecule has 0 atom stereocenters. The van der Waals surface area contributed by atoms with Crippen molar-refractivity contribution in [2.45, 2.75) is 13.3 Å². The number of non-ortho nitro benzene ring substituents is 1. The minimum Gasteiger partial charge on any atom is -0.460 e. The Kier molecular flexibility index (Phi) is 5.67. The summed E-state index contributed by atoms with van der Waals surface area (Å²) >= 11 is 0. The summed E-state index contributed by atoms with van der Waals surface area (Å²) in [5.41, 5.74) is 1.03. The van der Waals surface area contributed by atoms with E-state index in [-0.39, 0.29) is 39.1 Å². The Balaban J connectivity index is 1.54. The molecule has 0 spiro atoms. The zero-order valence-electron chi connectivity index (χ0n) is 16.9. The number of nitro groups is 1. The molecule has 0 bridgehead atoms. The Morgan fingerprint density at radius 3 is 2.34 bits per heavy atom. The average Bonchev–Trinajstić information content (AvgIpc) is 2.81. The molecule has 160 valence electrons. The van der Waals surface area contributed by atoms with Crippen molar-refractivity contribution in [3.63, 3.8) is 0 Å². The van der Waals surface area contributed by atoms with Crippen molar-refractivity contribution >= 4 is 22.6 Å². The smallest absolute Gasteiger partial charge is 0.343 e. The largest absolute Gasteiger partial charge is 0.460 e. The van der Waals surface area contributed by atoms with Gasteiger partial charge in [-0.15, -0.1) is 0 Å². The lowest BCUT2D eigenvalue weighted by atomic mass is 10.2. The molecule has 1 heterocycles. The normalized spacial score (nSPS) is 10.7. The Morgan fingerprint density at radius 1 is 1.00 bits per heavy atom. The quantitative estimate of drug-likeness (QED) is 0.177. The van der Waals surface area contributed by atoms with Crippen molar-refractivity contribution in [3.8, 4) is 17.2 Å². The molecule has 0 saturated heterocycles. The summed E-state index contributed by atoms with van der Waals surface area (Å²) in [4.78, 5) is 35.2. The molecule has 4 rings (SSSR count). The van der Waals surface area contributed by atoms with Gasteiger partial charge in [-0.2, -0.15) is 0 Å². The summed E-state index contributed by atoms with van der Waals surface area (Å²) in [6.07, 6.45) is 2.11. The number of hydrogen-bond donors (Lipinski definition) is 0. The van der Waals surface area contributed by atoms with Gasteiger partial charge in [0.2, 0.25) is 11.2 Å². The van der Waals surface area contributed by atoms with Crippen molar-refractivity contribution in [3.05, 3.63) is 104 Å². The van der Waals surface area contributed by atoms with Gasteiger partial charge in [0, 0.05) is 18.2 Å². The summed E-state index contributed by atoms with van der Waals surface area (Å²) in [5.74, 6) is 0.0183. The van der Waals surface area contributed by atoms with Crippen LogP contribution in [0.2, 0.25) is 0 Å².